The molecule has 5 nitrogen and oxygen atoms in total. The molecule has 1 aliphatic rings. The van der Waals surface area contributed by atoms with E-state index in [1.54, 1.807) is 30.3 Å². The Bertz CT molecular complexity index is 715. The second-order valence-electron chi connectivity index (χ2n) is 6.06. The van der Waals surface area contributed by atoms with Gasteiger partial charge in [0.2, 0.25) is 0 Å². The third-order valence-corrected chi connectivity index (χ3v) is 5.14. The molecule has 0 bridgehead atoms. The zero-order chi connectivity index (χ0) is 16.9. The predicted molar refractivity (Wildman–Crippen MR) is 96.6 cm³/mol. The fourth-order valence-corrected chi connectivity index (χ4v) is 3.39. The summed E-state index contributed by atoms with van der Waals surface area (Å²) in [5, 5.41) is 11.1. The van der Waals surface area contributed by atoms with Crippen LogP contribution < -0.4 is 16.0 Å². The molecule has 0 aliphatic carbocycles. The molecule has 1 aromatic carbocycles. The van der Waals surface area contributed by atoms with E-state index in [2.05, 4.69) is 22.9 Å². The molecule has 1 aromatic heterocycles. The molecular formula is C18H21N3O2S. The van der Waals surface area contributed by atoms with Crippen molar-refractivity contribution in [1.82, 2.24) is 10.6 Å². The van der Waals surface area contributed by atoms with Crippen molar-refractivity contribution in [2.75, 3.05) is 18.4 Å². The molecule has 126 valence electrons. The van der Waals surface area contributed by atoms with Crippen molar-refractivity contribution in [3.8, 4) is 0 Å². The number of piperidine rings is 1. The van der Waals surface area contributed by atoms with Crippen LogP contribution in [0.4, 0.5) is 5.69 Å². The zero-order valence-electron chi connectivity index (χ0n) is 13.5. The van der Waals surface area contributed by atoms with Crippen LogP contribution in [-0.2, 0) is 0 Å². The number of carbonyl (C=O) groups excluding carboxylic acids is 2. The van der Waals surface area contributed by atoms with Crippen molar-refractivity contribution < 1.29 is 9.59 Å². The SMILES string of the molecule is CC1CCNCC1NC(=O)c1cccc(NC(=O)c2cccs2)c1. The number of amides is 2. The lowest BCUT2D eigenvalue weighted by atomic mass is 9.94. The monoisotopic (exact) mass is 343 g/mol. The first-order valence-electron chi connectivity index (χ1n) is 8.10. The van der Waals surface area contributed by atoms with Crippen molar-refractivity contribution in [3.63, 3.8) is 0 Å². The van der Waals surface area contributed by atoms with Gasteiger partial charge in [0.25, 0.3) is 11.8 Å². The number of hydrogen-bond donors (Lipinski definition) is 3. The van der Waals surface area contributed by atoms with Gasteiger partial charge in [-0.1, -0.05) is 19.1 Å². The normalized spacial score (nSPS) is 20.4. The third-order valence-electron chi connectivity index (χ3n) is 4.27. The lowest BCUT2D eigenvalue weighted by Gasteiger charge is -2.30. The number of hydrogen-bond acceptors (Lipinski definition) is 4. The zero-order valence-corrected chi connectivity index (χ0v) is 14.4. The van der Waals surface area contributed by atoms with Crippen molar-refractivity contribution in [2.45, 2.75) is 19.4 Å². The minimum absolute atomic E-state index is 0.109. The first kappa shape index (κ1) is 16.7. The highest BCUT2D eigenvalue weighted by atomic mass is 32.1. The molecule has 1 saturated heterocycles. The first-order chi connectivity index (χ1) is 11.6. The number of carbonyl (C=O) groups is 2. The number of nitrogens with one attached hydrogen (secondary N) is 3. The predicted octanol–water partition coefficient (Wildman–Crippen LogP) is 2.73. The van der Waals surface area contributed by atoms with Gasteiger partial charge in [-0.05, 0) is 48.5 Å². The fraction of sp³-hybridized carbons (Fsp3) is 0.333. The maximum absolute atomic E-state index is 12.5. The first-order valence-corrected chi connectivity index (χ1v) is 8.98. The average Bonchev–Trinajstić information content (AvgIpc) is 3.12. The Labute approximate surface area is 145 Å². The second kappa shape index (κ2) is 7.59. The summed E-state index contributed by atoms with van der Waals surface area (Å²) in [5.74, 6) is 0.187. The van der Waals surface area contributed by atoms with Crippen LogP contribution in [0.15, 0.2) is 41.8 Å². The molecule has 6 heteroatoms. The Kier molecular flexibility index (Phi) is 5.27. The summed E-state index contributed by atoms with van der Waals surface area (Å²) >= 11 is 1.39. The maximum atomic E-state index is 12.5. The van der Waals surface area contributed by atoms with Crippen molar-refractivity contribution >= 4 is 28.8 Å². The van der Waals surface area contributed by atoms with Gasteiger partial charge in [0.15, 0.2) is 0 Å². The molecular weight excluding hydrogens is 322 g/mol. The van der Waals surface area contributed by atoms with Gasteiger partial charge < -0.3 is 16.0 Å². The van der Waals surface area contributed by atoms with E-state index >= 15 is 0 Å². The van der Waals surface area contributed by atoms with E-state index in [4.69, 9.17) is 0 Å². The fourth-order valence-electron chi connectivity index (χ4n) is 2.77. The smallest absolute Gasteiger partial charge is 0.265 e. The van der Waals surface area contributed by atoms with Gasteiger partial charge in [0, 0.05) is 23.8 Å². The minimum atomic E-state index is -0.160. The van der Waals surface area contributed by atoms with Crippen molar-refractivity contribution in [3.05, 3.63) is 52.2 Å². The average molecular weight is 343 g/mol. The van der Waals surface area contributed by atoms with E-state index in [0.717, 1.165) is 19.5 Å². The minimum Gasteiger partial charge on any atom is -0.348 e. The highest BCUT2D eigenvalue weighted by molar-refractivity contribution is 7.12. The summed E-state index contributed by atoms with van der Waals surface area (Å²) in [6, 6.07) is 10.8. The quantitative estimate of drug-likeness (QED) is 0.799. The van der Waals surface area contributed by atoms with Crippen LogP contribution in [0.2, 0.25) is 0 Å². The third kappa shape index (κ3) is 4.01. The van der Waals surface area contributed by atoms with E-state index in [9.17, 15) is 9.59 Å². The van der Waals surface area contributed by atoms with E-state index in [1.165, 1.54) is 11.3 Å². The molecule has 3 rings (SSSR count). The molecule has 2 amide bonds. The molecule has 0 saturated carbocycles. The lowest BCUT2D eigenvalue weighted by molar-refractivity contribution is 0.0914. The molecule has 2 atom stereocenters. The van der Waals surface area contributed by atoms with Crippen LogP contribution in [-0.4, -0.2) is 30.9 Å². The second-order valence-corrected chi connectivity index (χ2v) is 7.01. The van der Waals surface area contributed by atoms with E-state index < -0.39 is 0 Å². The highest BCUT2D eigenvalue weighted by Gasteiger charge is 2.23. The van der Waals surface area contributed by atoms with Crippen LogP contribution in [0.3, 0.4) is 0 Å². The van der Waals surface area contributed by atoms with Crippen molar-refractivity contribution in [2.24, 2.45) is 5.92 Å². The van der Waals surface area contributed by atoms with E-state index in [-0.39, 0.29) is 17.9 Å². The molecule has 0 radical (unpaired) electrons. The van der Waals surface area contributed by atoms with E-state index in [0.29, 0.717) is 22.0 Å². The van der Waals surface area contributed by atoms with Crippen LogP contribution in [0.25, 0.3) is 0 Å². The van der Waals surface area contributed by atoms with Gasteiger partial charge in [-0.15, -0.1) is 11.3 Å². The topological polar surface area (TPSA) is 70.2 Å². The number of thiophene rings is 1. The number of anilines is 1. The van der Waals surface area contributed by atoms with Gasteiger partial charge >= 0.3 is 0 Å². The summed E-state index contributed by atoms with van der Waals surface area (Å²) in [4.78, 5) is 25.2. The maximum Gasteiger partial charge on any atom is 0.265 e. The van der Waals surface area contributed by atoms with Crippen LogP contribution in [0.5, 0.6) is 0 Å². The van der Waals surface area contributed by atoms with Gasteiger partial charge in [0.1, 0.15) is 0 Å². The number of rotatable bonds is 4. The van der Waals surface area contributed by atoms with Gasteiger partial charge in [-0.2, -0.15) is 0 Å². The van der Waals surface area contributed by atoms with Crippen molar-refractivity contribution in [1.29, 1.82) is 0 Å². The molecule has 3 N–H and O–H groups in total. The highest BCUT2D eigenvalue weighted by Crippen LogP contribution is 2.16. The Morgan fingerprint density at radius 3 is 2.83 bits per heavy atom. The summed E-state index contributed by atoms with van der Waals surface area (Å²) in [6.45, 7) is 3.95. The number of benzene rings is 1. The van der Waals surface area contributed by atoms with Gasteiger partial charge in [-0.25, -0.2) is 0 Å². The Morgan fingerprint density at radius 1 is 1.21 bits per heavy atom. The molecule has 2 aromatic rings. The summed E-state index contributed by atoms with van der Waals surface area (Å²) in [5.41, 5.74) is 1.17. The molecule has 0 spiro atoms. The molecule has 2 heterocycles. The summed E-state index contributed by atoms with van der Waals surface area (Å²) in [7, 11) is 0. The molecule has 1 aliphatic heterocycles. The van der Waals surface area contributed by atoms with Crippen LogP contribution in [0, 0.1) is 5.92 Å². The van der Waals surface area contributed by atoms with Crippen LogP contribution in [0.1, 0.15) is 33.4 Å². The lowest BCUT2D eigenvalue weighted by Crippen LogP contribution is -2.50. The van der Waals surface area contributed by atoms with E-state index in [1.807, 2.05) is 11.4 Å². The Hall–Kier alpha value is -2.18. The Morgan fingerprint density at radius 2 is 2.08 bits per heavy atom. The summed E-state index contributed by atoms with van der Waals surface area (Å²) < 4.78 is 0. The molecule has 24 heavy (non-hydrogen) atoms. The van der Waals surface area contributed by atoms with Crippen LogP contribution >= 0.6 is 11.3 Å². The largest absolute Gasteiger partial charge is 0.348 e. The van der Waals surface area contributed by atoms with Gasteiger partial charge in [-0.3, -0.25) is 9.59 Å². The van der Waals surface area contributed by atoms with Gasteiger partial charge in [0.05, 0.1) is 4.88 Å². The molecule has 2 unspecified atom stereocenters. The Balaban J connectivity index is 1.66. The standard InChI is InChI=1S/C18H21N3O2S/c1-12-7-8-19-11-15(12)21-17(22)13-4-2-5-14(10-13)20-18(23)16-6-3-9-24-16/h2-6,9-10,12,15,19H,7-8,11H2,1H3,(H,20,23)(H,21,22). The summed E-state index contributed by atoms with van der Waals surface area (Å²) in [6.07, 6.45) is 1.06. The molecule has 1 fully saturated rings.